The van der Waals surface area contributed by atoms with E-state index in [9.17, 15) is 4.79 Å². The molecule has 0 aliphatic rings. The van der Waals surface area contributed by atoms with Gasteiger partial charge in [0.25, 0.3) is 0 Å². The van der Waals surface area contributed by atoms with Gasteiger partial charge in [-0.3, -0.25) is 4.68 Å². The number of furan rings is 1. The smallest absolute Gasteiger partial charge is 0.328 e. The normalized spacial score (nSPS) is 12.3. The lowest BCUT2D eigenvalue weighted by Gasteiger charge is -2.18. The molecule has 1 aromatic carbocycles. The van der Waals surface area contributed by atoms with Gasteiger partial charge in [0.15, 0.2) is 0 Å². The minimum Gasteiger partial charge on any atom is -0.478 e. The van der Waals surface area contributed by atoms with Gasteiger partial charge in [0.2, 0.25) is 0 Å². The molecule has 0 saturated carbocycles. The van der Waals surface area contributed by atoms with Crippen molar-refractivity contribution >= 4 is 23.0 Å². The molecule has 0 aliphatic heterocycles. The Bertz CT molecular complexity index is 895. The molecular formula is C18H18N2O3. The number of rotatable bonds is 3. The van der Waals surface area contributed by atoms with Crippen LogP contribution in [0.5, 0.6) is 0 Å². The summed E-state index contributed by atoms with van der Waals surface area (Å²) < 4.78 is 7.77. The fourth-order valence-corrected chi connectivity index (χ4v) is 2.29. The quantitative estimate of drug-likeness (QED) is 0.738. The molecular weight excluding hydrogens is 292 g/mol. The van der Waals surface area contributed by atoms with Crippen molar-refractivity contribution in [3.63, 3.8) is 0 Å². The topological polar surface area (TPSA) is 68.3 Å². The van der Waals surface area contributed by atoms with Crippen LogP contribution in [0, 0.1) is 0 Å². The Morgan fingerprint density at radius 3 is 2.74 bits per heavy atom. The molecule has 0 aliphatic carbocycles. The summed E-state index contributed by atoms with van der Waals surface area (Å²) in [5.74, 6) is -0.220. The van der Waals surface area contributed by atoms with E-state index in [4.69, 9.17) is 9.52 Å². The van der Waals surface area contributed by atoms with E-state index >= 15 is 0 Å². The zero-order chi connectivity index (χ0) is 16.6. The number of carbonyl (C=O) groups is 1. The van der Waals surface area contributed by atoms with E-state index in [0.717, 1.165) is 33.9 Å². The summed E-state index contributed by atoms with van der Waals surface area (Å²) in [7, 11) is 0. The molecule has 3 aromatic rings. The molecule has 2 aromatic heterocycles. The second kappa shape index (κ2) is 5.43. The van der Waals surface area contributed by atoms with Crippen LogP contribution < -0.4 is 0 Å². The predicted octanol–water partition coefficient (Wildman–Crippen LogP) is 4.15. The molecule has 5 heteroatoms. The van der Waals surface area contributed by atoms with Crippen LogP contribution in [0.2, 0.25) is 0 Å². The molecule has 23 heavy (non-hydrogen) atoms. The van der Waals surface area contributed by atoms with Crippen molar-refractivity contribution in [1.82, 2.24) is 9.78 Å². The summed E-state index contributed by atoms with van der Waals surface area (Å²) in [6.07, 6.45) is 6.43. The van der Waals surface area contributed by atoms with Crippen molar-refractivity contribution in [2.24, 2.45) is 0 Å². The highest BCUT2D eigenvalue weighted by molar-refractivity contribution is 5.88. The van der Waals surface area contributed by atoms with Gasteiger partial charge in [-0.25, -0.2) is 4.79 Å². The van der Waals surface area contributed by atoms with Gasteiger partial charge in [0.05, 0.1) is 17.3 Å². The van der Waals surface area contributed by atoms with Crippen LogP contribution in [0.4, 0.5) is 0 Å². The van der Waals surface area contributed by atoms with Crippen LogP contribution in [0.15, 0.2) is 47.2 Å². The van der Waals surface area contributed by atoms with E-state index in [0.29, 0.717) is 0 Å². The maximum atomic E-state index is 10.6. The minimum absolute atomic E-state index is 0.0843. The number of aliphatic carboxylic acids is 1. The number of nitrogens with zero attached hydrogens (tertiary/aromatic N) is 2. The second-order valence-corrected chi connectivity index (χ2v) is 6.42. The lowest BCUT2D eigenvalue weighted by Crippen LogP contribution is -2.21. The van der Waals surface area contributed by atoms with Gasteiger partial charge < -0.3 is 9.52 Å². The van der Waals surface area contributed by atoms with Crippen molar-refractivity contribution in [1.29, 1.82) is 0 Å². The van der Waals surface area contributed by atoms with Gasteiger partial charge >= 0.3 is 5.97 Å². The van der Waals surface area contributed by atoms with Crippen LogP contribution in [-0.4, -0.2) is 20.9 Å². The molecule has 3 rings (SSSR count). The third kappa shape index (κ3) is 3.18. The summed E-state index contributed by atoms with van der Waals surface area (Å²) in [6.45, 7) is 6.26. The van der Waals surface area contributed by atoms with Crippen LogP contribution in [0.25, 0.3) is 28.4 Å². The minimum atomic E-state index is -0.965. The van der Waals surface area contributed by atoms with Gasteiger partial charge in [-0.2, -0.15) is 5.10 Å². The third-order valence-electron chi connectivity index (χ3n) is 3.51. The van der Waals surface area contributed by atoms with Gasteiger partial charge in [-0.1, -0.05) is 6.07 Å². The van der Waals surface area contributed by atoms with Gasteiger partial charge in [0.1, 0.15) is 11.3 Å². The molecule has 1 N–H and O–H groups in total. The Kier molecular flexibility index (Phi) is 3.56. The van der Waals surface area contributed by atoms with Crippen molar-refractivity contribution < 1.29 is 14.3 Å². The van der Waals surface area contributed by atoms with Gasteiger partial charge in [0, 0.05) is 17.7 Å². The second-order valence-electron chi connectivity index (χ2n) is 6.42. The summed E-state index contributed by atoms with van der Waals surface area (Å²) in [5, 5.41) is 14.0. The Balaban J connectivity index is 1.97. The van der Waals surface area contributed by atoms with Crippen LogP contribution in [-0.2, 0) is 10.3 Å². The molecule has 2 heterocycles. The van der Waals surface area contributed by atoms with Crippen molar-refractivity contribution in [3.05, 3.63) is 48.3 Å². The average Bonchev–Trinajstić information content (AvgIpc) is 3.10. The van der Waals surface area contributed by atoms with E-state index in [2.05, 4.69) is 25.9 Å². The largest absolute Gasteiger partial charge is 0.478 e. The Labute approximate surface area is 133 Å². The van der Waals surface area contributed by atoms with Gasteiger partial charge in [-0.15, -0.1) is 0 Å². The first-order chi connectivity index (χ1) is 10.8. The number of aromatic nitrogens is 2. The lowest BCUT2D eigenvalue weighted by atomic mass is 10.1. The Hall–Kier alpha value is -2.82. The summed E-state index contributed by atoms with van der Waals surface area (Å²) in [5.41, 5.74) is 2.41. The highest BCUT2D eigenvalue weighted by atomic mass is 16.4. The first-order valence-electron chi connectivity index (χ1n) is 7.33. The van der Waals surface area contributed by atoms with Crippen molar-refractivity contribution in [3.8, 4) is 11.3 Å². The first-order valence-corrected chi connectivity index (χ1v) is 7.33. The zero-order valence-corrected chi connectivity index (χ0v) is 13.3. The number of fused-ring (bicyclic) bond motifs is 1. The molecule has 0 fully saturated rings. The predicted molar refractivity (Wildman–Crippen MR) is 89.1 cm³/mol. The molecule has 118 valence electrons. The van der Waals surface area contributed by atoms with Crippen LogP contribution in [0.1, 0.15) is 26.3 Å². The van der Waals surface area contributed by atoms with E-state index < -0.39 is 5.97 Å². The monoisotopic (exact) mass is 310 g/mol. The first kappa shape index (κ1) is 15.1. The Morgan fingerprint density at radius 2 is 2.09 bits per heavy atom. The van der Waals surface area contributed by atoms with Crippen LogP contribution >= 0.6 is 0 Å². The average molecular weight is 310 g/mol. The maximum Gasteiger partial charge on any atom is 0.328 e. The van der Waals surface area contributed by atoms with Crippen molar-refractivity contribution in [2.75, 3.05) is 0 Å². The molecule has 0 saturated heterocycles. The van der Waals surface area contributed by atoms with Gasteiger partial charge in [-0.05, 0) is 50.6 Å². The SMILES string of the molecule is CC(C)(C)n1cc(-c2cc3cc(/C=C/C(=O)O)ccc3o2)cn1. The Morgan fingerprint density at radius 1 is 1.30 bits per heavy atom. The molecule has 0 unspecified atom stereocenters. The summed E-state index contributed by atoms with van der Waals surface area (Å²) in [4.78, 5) is 10.6. The highest BCUT2D eigenvalue weighted by Crippen LogP contribution is 2.29. The fraction of sp³-hybridized carbons (Fsp3) is 0.222. The zero-order valence-electron chi connectivity index (χ0n) is 13.3. The van der Waals surface area contributed by atoms with Crippen LogP contribution in [0.3, 0.4) is 0 Å². The van der Waals surface area contributed by atoms with E-state index in [1.54, 1.807) is 12.3 Å². The summed E-state index contributed by atoms with van der Waals surface area (Å²) >= 11 is 0. The number of hydrogen-bond acceptors (Lipinski definition) is 3. The fourth-order valence-electron chi connectivity index (χ4n) is 2.29. The lowest BCUT2D eigenvalue weighted by molar-refractivity contribution is -0.131. The highest BCUT2D eigenvalue weighted by Gasteiger charge is 2.16. The third-order valence-corrected chi connectivity index (χ3v) is 3.51. The molecule has 0 amide bonds. The van der Waals surface area contributed by atoms with Crippen molar-refractivity contribution in [2.45, 2.75) is 26.3 Å². The number of carboxylic acid groups (broad SMARTS) is 1. The molecule has 0 radical (unpaired) electrons. The number of carboxylic acids is 1. The molecule has 0 bridgehead atoms. The van der Waals surface area contributed by atoms with E-state index in [1.165, 1.54) is 0 Å². The maximum absolute atomic E-state index is 10.6. The molecule has 0 atom stereocenters. The number of hydrogen-bond donors (Lipinski definition) is 1. The van der Waals surface area contributed by atoms with E-state index in [-0.39, 0.29) is 5.54 Å². The summed E-state index contributed by atoms with van der Waals surface area (Å²) in [6, 6.07) is 7.51. The molecule has 5 nitrogen and oxygen atoms in total. The van der Waals surface area contributed by atoms with E-state index in [1.807, 2.05) is 35.1 Å². The standard InChI is InChI=1S/C18H18N2O3/c1-18(2,3)20-11-14(10-19-20)16-9-13-8-12(5-7-17(21)22)4-6-15(13)23-16/h4-11H,1-3H3,(H,21,22)/b7-5+. The molecule has 0 spiro atoms. The number of benzene rings is 1.